The molecule has 1 aromatic heterocycles. The fraction of sp³-hybridized carbons (Fsp3) is 0.480. The summed E-state index contributed by atoms with van der Waals surface area (Å²) >= 11 is 4.84. The zero-order chi connectivity index (χ0) is 23.8. The summed E-state index contributed by atoms with van der Waals surface area (Å²) in [5.74, 6) is -2.25. The van der Waals surface area contributed by atoms with Gasteiger partial charge < -0.3 is 4.74 Å². The maximum atomic E-state index is 14.4. The lowest BCUT2D eigenvalue weighted by Crippen LogP contribution is -2.30. The molecule has 2 aromatic rings. The van der Waals surface area contributed by atoms with Crippen molar-refractivity contribution in [3.8, 4) is 5.06 Å². The molecule has 1 atom stereocenters. The highest BCUT2D eigenvalue weighted by Crippen LogP contribution is 2.33. The van der Waals surface area contributed by atoms with Gasteiger partial charge in [0.1, 0.15) is 23.3 Å². The van der Waals surface area contributed by atoms with Crippen LogP contribution in [0.1, 0.15) is 60.9 Å². The van der Waals surface area contributed by atoms with Gasteiger partial charge in [0.05, 0.1) is 0 Å². The van der Waals surface area contributed by atoms with Crippen LogP contribution in [0.2, 0.25) is 0 Å². The zero-order valence-corrected chi connectivity index (χ0v) is 21.2. The number of nitrogens with zero attached hydrogens (tertiary/aromatic N) is 1. The number of carbonyl (C=O) groups is 3. The molecule has 8 heteroatoms. The summed E-state index contributed by atoms with van der Waals surface area (Å²) in [6.45, 7) is 3.96. The van der Waals surface area contributed by atoms with Crippen LogP contribution in [0.15, 0.2) is 30.3 Å². The molecule has 0 spiro atoms. The smallest absolute Gasteiger partial charge is 0.308 e. The normalized spacial score (nSPS) is 14.5. The van der Waals surface area contributed by atoms with E-state index in [4.69, 9.17) is 4.74 Å². The lowest BCUT2D eigenvalue weighted by Gasteiger charge is -2.26. The lowest BCUT2D eigenvalue weighted by molar-refractivity contribution is -0.132. The Morgan fingerprint density at radius 1 is 1.15 bits per heavy atom. The number of benzene rings is 1. The van der Waals surface area contributed by atoms with E-state index < -0.39 is 11.7 Å². The number of Topliss-reactive ketones (excluding diaryl/α,β-unsaturated/α-hetero) is 2. The Kier molecular flexibility index (Phi) is 9.77. The van der Waals surface area contributed by atoms with Gasteiger partial charge in [0, 0.05) is 48.6 Å². The standard InChI is InChI=1S/C25H29BrFNO4S/c1-17(29)32-24-15-18-16-28(14-11-23(18)33-24)13-5-4-9-21(30)25(22(31)10-6-12-26)19-7-2-3-8-20(19)27/h2-3,7-8,15,25H,4-6,9-14,16H2,1H3. The van der Waals surface area contributed by atoms with E-state index >= 15 is 0 Å². The van der Waals surface area contributed by atoms with Gasteiger partial charge in [-0.25, -0.2) is 4.39 Å². The molecule has 178 valence electrons. The van der Waals surface area contributed by atoms with Crippen LogP contribution in [0.25, 0.3) is 0 Å². The minimum atomic E-state index is -1.02. The molecule has 3 rings (SSSR count). The van der Waals surface area contributed by atoms with Crippen LogP contribution in [-0.2, 0) is 27.3 Å². The van der Waals surface area contributed by atoms with Crippen LogP contribution in [0, 0.1) is 5.82 Å². The summed E-state index contributed by atoms with van der Waals surface area (Å²) in [5.41, 5.74) is 1.38. The van der Waals surface area contributed by atoms with Crippen molar-refractivity contribution in [3.05, 3.63) is 52.2 Å². The van der Waals surface area contributed by atoms with Gasteiger partial charge in [0.15, 0.2) is 5.06 Å². The first-order valence-corrected chi connectivity index (χ1v) is 13.2. The molecule has 5 nitrogen and oxygen atoms in total. The molecule has 2 heterocycles. The fourth-order valence-corrected chi connectivity index (χ4v) is 5.48. The van der Waals surface area contributed by atoms with Crippen LogP contribution in [0.5, 0.6) is 5.06 Å². The summed E-state index contributed by atoms with van der Waals surface area (Å²) < 4.78 is 19.6. The number of esters is 1. The van der Waals surface area contributed by atoms with E-state index in [1.807, 2.05) is 6.07 Å². The second-order valence-electron chi connectivity index (χ2n) is 8.27. The largest absolute Gasteiger partial charge is 0.416 e. The molecule has 1 aromatic carbocycles. The van der Waals surface area contributed by atoms with E-state index in [2.05, 4.69) is 20.8 Å². The molecule has 0 bridgehead atoms. The first kappa shape index (κ1) is 25.7. The summed E-state index contributed by atoms with van der Waals surface area (Å²) in [6.07, 6.45) is 3.52. The van der Waals surface area contributed by atoms with Crippen LogP contribution in [-0.4, -0.2) is 40.9 Å². The highest BCUT2D eigenvalue weighted by molar-refractivity contribution is 9.09. The molecule has 0 fully saturated rings. The molecule has 1 aliphatic heterocycles. The molecule has 0 aliphatic carbocycles. The van der Waals surface area contributed by atoms with Crippen LogP contribution >= 0.6 is 27.3 Å². The maximum Gasteiger partial charge on any atom is 0.308 e. The Morgan fingerprint density at radius 3 is 2.58 bits per heavy atom. The van der Waals surface area contributed by atoms with E-state index in [0.717, 1.165) is 32.5 Å². The Labute approximate surface area is 206 Å². The van der Waals surface area contributed by atoms with Crippen molar-refractivity contribution in [1.82, 2.24) is 4.90 Å². The molecule has 0 saturated carbocycles. The summed E-state index contributed by atoms with van der Waals surface area (Å²) in [7, 11) is 0. The number of ether oxygens (including phenoxy) is 1. The van der Waals surface area contributed by atoms with E-state index in [9.17, 15) is 18.8 Å². The number of ketones is 2. The molecule has 33 heavy (non-hydrogen) atoms. The van der Waals surface area contributed by atoms with Gasteiger partial charge >= 0.3 is 5.97 Å². The number of unbranched alkanes of at least 4 members (excludes halogenated alkanes) is 1. The SMILES string of the molecule is CC(=O)Oc1cc2c(s1)CCN(CCCCC(=O)C(C(=O)CCCBr)c1ccccc1F)C2. The number of rotatable bonds is 12. The average molecular weight is 538 g/mol. The number of fused-ring (bicyclic) bond motifs is 1. The van der Waals surface area contributed by atoms with Crippen molar-refractivity contribution in [2.24, 2.45) is 0 Å². The third-order valence-corrected chi connectivity index (χ3v) is 7.41. The second kappa shape index (κ2) is 12.5. The topological polar surface area (TPSA) is 63.7 Å². The van der Waals surface area contributed by atoms with Gasteiger partial charge in [-0.3, -0.25) is 19.3 Å². The predicted molar refractivity (Wildman–Crippen MR) is 131 cm³/mol. The second-order valence-corrected chi connectivity index (χ2v) is 10.2. The summed E-state index contributed by atoms with van der Waals surface area (Å²) in [5, 5.41) is 1.31. The molecule has 0 radical (unpaired) electrons. The lowest BCUT2D eigenvalue weighted by atomic mass is 9.86. The molecular weight excluding hydrogens is 509 g/mol. The minimum absolute atomic E-state index is 0.187. The number of thiophene rings is 1. The highest BCUT2D eigenvalue weighted by atomic mass is 79.9. The Morgan fingerprint density at radius 2 is 1.88 bits per heavy atom. The van der Waals surface area contributed by atoms with E-state index in [1.165, 1.54) is 34.8 Å². The third-order valence-electron chi connectivity index (χ3n) is 5.73. The number of hydrogen-bond acceptors (Lipinski definition) is 6. The molecule has 1 unspecified atom stereocenters. The number of hydrogen-bond donors (Lipinski definition) is 0. The van der Waals surface area contributed by atoms with Gasteiger partial charge in [0.25, 0.3) is 0 Å². The van der Waals surface area contributed by atoms with E-state index in [-0.39, 0.29) is 35.9 Å². The van der Waals surface area contributed by atoms with Crippen molar-refractivity contribution in [3.63, 3.8) is 0 Å². The quantitative estimate of drug-likeness (QED) is 0.156. The minimum Gasteiger partial charge on any atom is -0.416 e. The van der Waals surface area contributed by atoms with Crippen molar-refractivity contribution in [2.75, 3.05) is 18.4 Å². The molecule has 0 N–H and O–H groups in total. The highest BCUT2D eigenvalue weighted by Gasteiger charge is 2.29. The number of alkyl halides is 1. The van der Waals surface area contributed by atoms with Crippen molar-refractivity contribution in [2.45, 2.75) is 57.9 Å². The van der Waals surface area contributed by atoms with E-state index in [1.54, 1.807) is 18.2 Å². The molecule has 1 aliphatic rings. The van der Waals surface area contributed by atoms with Crippen molar-refractivity contribution < 1.29 is 23.5 Å². The Hall–Kier alpha value is -1.90. The van der Waals surface area contributed by atoms with Crippen LogP contribution < -0.4 is 4.74 Å². The van der Waals surface area contributed by atoms with Gasteiger partial charge in [-0.2, -0.15) is 0 Å². The van der Waals surface area contributed by atoms with Crippen LogP contribution in [0.3, 0.4) is 0 Å². The first-order valence-electron chi connectivity index (χ1n) is 11.3. The van der Waals surface area contributed by atoms with Crippen LogP contribution in [0.4, 0.5) is 4.39 Å². The Bertz CT molecular complexity index is 993. The number of carbonyl (C=O) groups excluding carboxylic acids is 3. The van der Waals surface area contributed by atoms with Crippen molar-refractivity contribution >= 4 is 44.8 Å². The number of halogens is 2. The maximum absolute atomic E-state index is 14.4. The van der Waals surface area contributed by atoms with Gasteiger partial charge in [-0.05, 0) is 49.9 Å². The van der Waals surface area contributed by atoms with Gasteiger partial charge in [-0.15, -0.1) is 11.3 Å². The monoisotopic (exact) mass is 537 g/mol. The third kappa shape index (κ3) is 7.29. The molecular formula is C25H29BrFNO4S. The van der Waals surface area contributed by atoms with Crippen molar-refractivity contribution in [1.29, 1.82) is 0 Å². The van der Waals surface area contributed by atoms with Gasteiger partial charge in [0.2, 0.25) is 0 Å². The Balaban J connectivity index is 1.52. The van der Waals surface area contributed by atoms with Gasteiger partial charge in [-0.1, -0.05) is 34.1 Å². The zero-order valence-electron chi connectivity index (χ0n) is 18.8. The molecule has 0 saturated heterocycles. The predicted octanol–water partition coefficient (Wildman–Crippen LogP) is 5.44. The van der Waals surface area contributed by atoms with E-state index in [0.29, 0.717) is 23.2 Å². The average Bonchev–Trinajstić information content (AvgIpc) is 3.17. The summed E-state index contributed by atoms with van der Waals surface area (Å²) in [6, 6.07) is 8.01. The fourth-order valence-electron chi connectivity index (χ4n) is 4.15. The first-order chi connectivity index (χ1) is 15.9. The molecule has 0 amide bonds. The summed E-state index contributed by atoms with van der Waals surface area (Å²) in [4.78, 5) is 40.4.